The summed E-state index contributed by atoms with van der Waals surface area (Å²) in [5.74, 6) is 0. The van der Waals surface area contributed by atoms with Gasteiger partial charge in [-0.1, -0.05) is 49.7 Å². The van der Waals surface area contributed by atoms with Gasteiger partial charge in [-0.2, -0.15) is 0 Å². The van der Waals surface area contributed by atoms with E-state index in [1.165, 1.54) is 0 Å². The maximum atomic E-state index is 5.99. The Bertz CT molecular complexity index is 572. The van der Waals surface area contributed by atoms with Crippen molar-refractivity contribution in [3.8, 4) is 0 Å². The molecule has 0 aliphatic heterocycles. The highest BCUT2D eigenvalue weighted by Gasteiger charge is 2.07. The molecule has 0 bridgehead atoms. The van der Waals surface area contributed by atoms with Crippen molar-refractivity contribution in [3.63, 3.8) is 0 Å². The van der Waals surface area contributed by atoms with Crippen molar-refractivity contribution in [1.29, 1.82) is 0 Å². The molecule has 0 spiro atoms. The van der Waals surface area contributed by atoms with Crippen LogP contribution in [-0.2, 0) is 0 Å². The minimum atomic E-state index is 0.753. The Hall–Kier alpha value is -1.64. The minimum absolute atomic E-state index is 0.753. The first-order valence-electron chi connectivity index (χ1n) is 7.34. The highest BCUT2D eigenvalue weighted by Crippen LogP contribution is 2.23. The number of benzene rings is 1. The van der Waals surface area contributed by atoms with Crippen LogP contribution < -0.4 is 0 Å². The van der Waals surface area contributed by atoms with Crippen LogP contribution in [0, 0.1) is 0 Å². The summed E-state index contributed by atoms with van der Waals surface area (Å²) in [5, 5.41) is 0.753. The van der Waals surface area contributed by atoms with Crippen molar-refractivity contribution in [2.45, 2.75) is 13.8 Å². The van der Waals surface area contributed by atoms with Crippen LogP contribution in [0.3, 0.4) is 0 Å². The SMILES string of the molecule is CCN(CC)C/C=C(/c1ccc(Cl)cc1)c1ccccn1. The van der Waals surface area contributed by atoms with Crippen LogP contribution in [-0.4, -0.2) is 29.5 Å². The first-order chi connectivity index (χ1) is 10.2. The van der Waals surface area contributed by atoms with Gasteiger partial charge in [-0.25, -0.2) is 0 Å². The average Bonchev–Trinajstić information content (AvgIpc) is 2.54. The molecule has 0 fully saturated rings. The lowest BCUT2D eigenvalue weighted by Gasteiger charge is -2.17. The fraction of sp³-hybridized carbons (Fsp3) is 0.278. The van der Waals surface area contributed by atoms with Crippen molar-refractivity contribution in [3.05, 3.63) is 71.0 Å². The molecule has 0 unspecified atom stereocenters. The second-order valence-corrected chi connectivity index (χ2v) is 5.26. The molecular weight excluding hydrogens is 280 g/mol. The van der Waals surface area contributed by atoms with Crippen molar-refractivity contribution in [2.24, 2.45) is 0 Å². The van der Waals surface area contributed by atoms with Crippen LogP contribution in [0.5, 0.6) is 0 Å². The average molecular weight is 301 g/mol. The predicted octanol–water partition coefficient (Wildman–Crippen LogP) is 4.51. The van der Waals surface area contributed by atoms with Gasteiger partial charge >= 0.3 is 0 Å². The molecule has 0 aliphatic rings. The van der Waals surface area contributed by atoms with Crippen LogP contribution in [0.25, 0.3) is 5.57 Å². The molecule has 1 aromatic carbocycles. The standard InChI is InChI=1S/C18H21ClN2/c1-3-21(4-2)14-12-17(18-7-5-6-13-20-18)15-8-10-16(19)11-9-15/h5-13H,3-4,14H2,1-2H3/b17-12-. The van der Waals surface area contributed by atoms with Gasteiger partial charge in [0.1, 0.15) is 0 Å². The lowest BCUT2D eigenvalue weighted by molar-refractivity contribution is 0.337. The Morgan fingerprint density at radius 1 is 1.10 bits per heavy atom. The van der Waals surface area contributed by atoms with Gasteiger partial charge in [-0.05, 0) is 42.9 Å². The topological polar surface area (TPSA) is 16.1 Å². The fourth-order valence-electron chi connectivity index (χ4n) is 2.22. The van der Waals surface area contributed by atoms with Crippen LogP contribution in [0.1, 0.15) is 25.1 Å². The van der Waals surface area contributed by atoms with Crippen LogP contribution >= 0.6 is 11.6 Å². The lowest BCUT2D eigenvalue weighted by Crippen LogP contribution is -2.23. The van der Waals surface area contributed by atoms with Gasteiger partial charge < -0.3 is 4.90 Å². The van der Waals surface area contributed by atoms with Gasteiger partial charge in [0.2, 0.25) is 0 Å². The molecule has 0 atom stereocenters. The molecule has 1 aromatic heterocycles. The normalized spacial score (nSPS) is 11.9. The third-order valence-electron chi connectivity index (χ3n) is 3.54. The fourth-order valence-corrected chi connectivity index (χ4v) is 2.35. The van der Waals surface area contributed by atoms with Crippen molar-refractivity contribution in [1.82, 2.24) is 9.88 Å². The van der Waals surface area contributed by atoms with Gasteiger partial charge in [-0.3, -0.25) is 4.98 Å². The van der Waals surface area contributed by atoms with E-state index in [0.717, 1.165) is 41.5 Å². The van der Waals surface area contributed by atoms with E-state index in [1.54, 1.807) is 0 Å². The molecule has 110 valence electrons. The zero-order chi connectivity index (χ0) is 15.1. The molecule has 21 heavy (non-hydrogen) atoms. The summed E-state index contributed by atoms with van der Waals surface area (Å²) in [6.45, 7) is 7.37. The van der Waals surface area contributed by atoms with E-state index in [1.807, 2.05) is 48.7 Å². The zero-order valence-electron chi connectivity index (χ0n) is 12.6. The quantitative estimate of drug-likeness (QED) is 0.780. The predicted molar refractivity (Wildman–Crippen MR) is 90.6 cm³/mol. The van der Waals surface area contributed by atoms with E-state index in [9.17, 15) is 0 Å². The first kappa shape index (κ1) is 15.7. The van der Waals surface area contributed by atoms with E-state index in [-0.39, 0.29) is 0 Å². The molecule has 3 heteroatoms. The summed E-state index contributed by atoms with van der Waals surface area (Å²) < 4.78 is 0. The number of aromatic nitrogens is 1. The van der Waals surface area contributed by atoms with E-state index in [4.69, 9.17) is 11.6 Å². The number of hydrogen-bond acceptors (Lipinski definition) is 2. The molecule has 2 rings (SSSR count). The van der Waals surface area contributed by atoms with Crippen LogP contribution in [0.2, 0.25) is 5.02 Å². The number of hydrogen-bond donors (Lipinski definition) is 0. The summed E-state index contributed by atoms with van der Waals surface area (Å²) in [7, 11) is 0. The van der Waals surface area contributed by atoms with Crippen molar-refractivity contribution < 1.29 is 0 Å². The Balaban J connectivity index is 2.35. The van der Waals surface area contributed by atoms with E-state index in [2.05, 4.69) is 29.8 Å². The van der Waals surface area contributed by atoms with E-state index in [0.29, 0.717) is 0 Å². The molecule has 2 nitrogen and oxygen atoms in total. The molecule has 2 aromatic rings. The summed E-state index contributed by atoms with van der Waals surface area (Å²) >= 11 is 5.99. The number of halogens is 1. The third kappa shape index (κ3) is 4.42. The van der Waals surface area contributed by atoms with Gasteiger partial charge in [0.15, 0.2) is 0 Å². The van der Waals surface area contributed by atoms with Crippen molar-refractivity contribution >= 4 is 17.2 Å². The third-order valence-corrected chi connectivity index (χ3v) is 3.80. The molecule has 0 saturated carbocycles. The van der Waals surface area contributed by atoms with Crippen LogP contribution in [0.4, 0.5) is 0 Å². The maximum absolute atomic E-state index is 5.99. The number of rotatable bonds is 6. The number of nitrogens with zero attached hydrogens (tertiary/aromatic N) is 2. The molecule has 0 saturated heterocycles. The summed E-state index contributed by atoms with van der Waals surface area (Å²) in [6.07, 6.45) is 4.08. The Kier molecular flexibility index (Phi) is 5.97. The Labute approximate surface area is 132 Å². The van der Waals surface area contributed by atoms with Gasteiger partial charge in [0.25, 0.3) is 0 Å². The van der Waals surface area contributed by atoms with Gasteiger partial charge in [-0.15, -0.1) is 0 Å². The van der Waals surface area contributed by atoms with E-state index >= 15 is 0 Å². The molecule has 1 heterocycles. The largest absolute Gasteiger partial charge is 0.300 e. The summed E-state index contributed by atoms with van der Waals surface area (Å²) in [6, 6.07) is 13.9. The second-order valence-electron chi connectivity index (χ2n) is 4.83. The van der Waals surface area contributed by atoms with Crippen LogP contribution in [0.15, 0.2) is 54.7 Å². The molecule has 0 aliphatic carbocycles. The zero-order valence-corrected chi connectivity index (χ0v) is 13.3. The second kappa shape index (κ2) is 7.96. The smallest absolute Gasteiger partial charge is 0.0705 e. The maximum Gasteiger partial charge on any atom is 0.0705 e. The van der Waals surface area contributed by atoms with Gasteiger partial charge in [0.05, 0.1) is 5.69 Å². The summed E-state index contributed by atoms with van der Waals surface area (Å²) in [4.78, 5) is 6.86. The minimum Gasteiger partial charge on any atom is -0.300 e. The van der Waals surface area contributed by atoms with E-state index < -0.39 is 0 Å². The molecule has 0 radical (unpaired) electrons. The highest BCUT2D eigenvalue weighted by molar-refractivity contribution is 6.30. The lowest BCUT2D eigenvalue weighted by atomic mass is 10.0. The van der Waals surface area contributed by atoms with Crippen molar-refractivity contribution in [2.75, 3.05) is 19.6 Å². The first-order valence-corrected chi connectivity index (χ1v) is 7.72. The Morgan fingerprint density at radius 2 is 1.81 bits per heavy atom. The number of pyridine rings is 1. The highest BCUT2D eigenvalue weighted by atomic mass is 35.5. The Morgan fingerprint density at radius 3 is 2.38 bits per heavy atom. The number of likely N-dealkylation sites (N-methyl/N-ethyl adjacent to an activating group) is 1. The molecule has 0 amide bonds. The summed E-state index contributed by atoms with van der Waals surface area (Å²) in [5.41, 5.74) is 3.29. The monoisotopic (exact) mass is 300 g/mol. The molecular formula is C18H21ClN2. The molecule has 0 N–H and O–H groups in total. The van der Waals surface area contributed by atoms with Gasteiger partial charge in [0, 0.05) is 23.3 Å².